The van der Waals surface area contributed by atoms with Gasteiger partial charge in [-0.2, -0.15) is 0 Å². The molecule has 1 aromatic heterocycles. The fourth-order valence-corrected chi connectivity index (χ4v) is 3.33. The van der Waals surface area contributed by atoms with Crippen LogP contribution in [-0.2, 0) is 10.2 Å². The Labute approximate surface area is 154 Å². The summed E-state index contributed by atoms with van der Waals surface area (Å²) >= 11 is 0. The number of rotatable bonds is 3. The van der Waals surface area contributed by atoms with E-state index in [2.05, 4.69) is 42.1 Å². The van der Waals surface area contributed by atoms with E-state index in [9.17, 15) is 4.79 Å². The van der Waals surface area contributed by atoms with Crippen LogP contribution in [-0.4, -0.2) is 40.4 Å². The second kappa shape index (κ2) is 9.73. The average Bonchev–Trinajstić information content (AvgIpc) is 2.63. The van der Waals surface area contributed by atoms with Crippen LogP contribution in [0.25, 0.3) is 0 Å². The summed E-state index contributed by atoms with van der Waals surface area (Å²) in [5.41, 5.74) is 1.19. The van der Waals surface area contributed by atoms with Crippen molar-refractivity contribution in [3.8, 4) is 0 Å². The number of carbonyl (C=O) groups excluding carboxylic acids is 1. The Bertz CT molecular complexity index is 521. The largest absolute Gasteiger partial charge is 0.367 e. The Kier molecular flexibility index (Phi) is 7.66. The molecule has 5 nitrogen and oxygen atoms in total. The zero-order valence-electron chi connectivity index (χ0n) is 16.1. The molecule has 0 bridgehead atoms. The first kappa shape index (κ1) is 19.7. The fraction of sp³-hybridized carbons (Fsp3) is 0.750. The van der Waals surface area contributed by atoms with Gasteiger partial charge in [0.1, 0.15) is 12.1 Å². The van der Waals surface area contributed by atoms with Gasteiger partial charge in [0.05, 0.1) is 5.69 Å². The molecule has 2 fully saturated rings. The van der Waals surface area contributed by atoms with Crippen molar-refractivity contribution in [2.45, 2.75) is 83.6 Å². The number of anilines is 1. The van der Waals surface area contributed by atoms with Gasteiger partial charge in [-0.25, -0.2) is 9.97 Å². The molecule has 25 heavy (non-hydrogen) atoms. The van der Waals surface area contributed by atoms with Gasteiger partial charge in [-0.15, -0.1) is 0 Å². The third kappa shape index (κ3) is 7.00. The summed E-state index contributed by atoms with van der Waals surface area (Å²) in [6.07, 6.45) is 12.9. The van der Waals surface area contributed by atoms with Crippen molar-refractivity contribution >= 4 is 12.2 Å². The third-order valence-corrected chi connectivity index (χ3v) is 4.93. The van der Waals surface area contributed by atoms with Crippen LogP contribution in [0.2, 0.25) is 0 Å². The molecule has 0 spiro atoms. The highest BCUT2D eigenvalue weighted by Crippen LogP contribution is 2.24. The molecular weight excluding hydrogens is 312 g/mol. The molecule has 5 heteroatoms. The van der Waals surface area contributed by atoms with Crippen molar-refractivity contribution in [3.63, 3.8) is 0 Å². The monoisotopic (exact) mass is 348 g/mol. The van der Waals surface area contributed by atoms with Crippen molar-refractivity contribution < 1.29 is 6.22 Å². The van der Waals surface area contributed by atoms with Gasteiger partial charge >= 0.3 is 0 Å². The summed E-state index contributed by atoms with van der Waals surface area (Å²) < 4.78 is 0. The fourth-order valence-electron chi connectivity index (χ4n) is 3.33. The van der Waals surface area contributed by atoms with E-state index in [0.29, 0.717) is 6.04 Å². The highest BCUT2D eigenvalue weighted by Gasteiger charge is 2.18. The minimum atomic E-state index is 0. The van der Waals surface area contributed by atoms with Crippen LogP contribution < -0.4 is 5.32 Å². The van der Waals surface area contributed by atoms with Crippen molar-refractivity contribution in [2.24, 2.45) is 0 Å². The van der Waals surface area contributed by atoms with Gasteiger partial charge in [0.2, 0.25) is 6.41 Å². The molecular formula is C20H36N4O. The van der Waals surface area contributed by atoms with Gasteiger partial charge in [-0.05, 0) is 32.1 Å². The second-order valence-electron chi connectivity index (χ2n) is 8.22. The molecule has 1 N–H and O–H groups in total. The van der Waals surface area contributed by atoms with Crippen LogP contribution in [0, 0.1) is 0 Å². The third-order valence-electron chi connectivity index (χ3n) is 4.93. The first-order valence-electron chi connectivity index (χ1n) is 9.77. The summed E-state index contributed by atoms with van der Waals surface area (Å²) in [5.74, 6) is 0.983. The number of hydrogen-bond donors (Lipinski definition) is 1. The molecule has 1 saturated heterocycles. The van der Waals surface area contributed by atoms with Gasteiger partial charge in [0.15, 0.2) is 0 Å². The zero-order chi connectivity index (χ0) is 18.1. The maximum atomic E-state index is 10.1. The first-order chi connectivity index (χ1) is 12.0. The maximum Gasteiger partial charge on any atom is 0.209 e. The highest BCUT2D eigenvalue weighted by atomic mass is 16.1. The summed E-state index contributed by atoms with van der Waals surface area (Å²) in [7, 11) is 0. The molecule has 1 aliphatic heterocycles. The van der Waals surface area contributed by atoms with E-state index >= 15 is 0 Å². The molecule has 0 unspecified atom stereocenters. The molecule has 2 aliphatic rings. The Hall–Kier alpha value is -1.65. The predicted octanol–water partition coefficient (Wildman–Crippen LogP) is 4.39. The standard InChI is InChI=1S/C14H23N3.C6H11NO.H2/c1-14(2,3)12-9-13(16-10-15-12)17-11-7-5-4-6-8-11;8-6-7-4-2-1-3-5-7;/h9-11H,4-8H2,1-3H3,(H,15,16,17);6H,1-5H2;1H. The van der Waals surface area contributed by atoms with Crippen LogP contribution in [0.1, 0.15) is 79.3 Å². The number of nitrogens with zero attached hydrogens (tertiary/aromatic N) is 3. The van der Waals surface area contributed by atoms with Crippen LogP contribution in [0.5, 0.6) is 0 Å². The van der Waals surface area contributed by atoms with Crippen LogP contribution in [0.15, 0.2) is 12.4 Å². The summed E-state index contributed by atoms with van der Waals surface area (Å²) in [6.45, 7) is 8.49. The lowest BCUT2D eigenvalue weighted by molar-refractivity contribution is -0.118. The van der Waals surface area contributed by atoms with Gasteiger partial charge < -0.3 is 10.2 Å². The Morgan fingerprint density at radius 1 is 1.08 bits per heavy atom. The van der Waals surface area contributed by atoms with Crippen LogP contribution in [0.3, 0.4) is 0 Å². The van der Waals surface area contributed by atoms with E-state index in [1.54, 1.807) is 6.33 Å². The SMILES string of the molecule is CC(C)(C)c1cc(NC2CCCCC2)ncn1.O=CN1CCCCC1.[HH]. The minimum absolute atomic E-state index is 0. The topological polar surface area (TPSA) is 58.1 Å². The molecule has 1 saturated carbocycles. The van der Waals surface area contributed by atoms with Crippen molar-refractivity contribution in [2.75, 3.05) is 18.4 Å². The molecule has 0 atom stereocenters. The molecule has 0 radical (unpaired) electrons. The van der Waals surface area contributed by atoms with Crippen LogP contribution >= 0.6 is 0 Å². The normalized spacial score (nSPS) is 18.9. The van der Waals surface area contributed by atoms with Gasteiger partial charge in [-0.1, -0.05) is 40.0 Å². The van der Waals surface area contributed by atoms with Gasteiger partial charge in [0.25, 0.3) is 0 Å². The second-order valence-corrected chi connectivity index (χ2v) is 8.22. The van der Waals surface area contributed by atoms with E-state index in [-0.39, 0.29) is 6.84 Å². The smallest absolute Gasteiger partial charge is 0.209 e. The molecule has 142 valence electrons. The first-order valence-corrected chi connectivity index (χ1v) is 9.77. The lowest BCUT2D eigenvalue weighted by atomic mass is 9.92. The van der Waals surface area contributed by atoms with Crippen molar-refractivity contribution in [1.82, 2.24) is 14.9 Å². The summed E-state index contributed by atoms with van der Waals surface area (Å²) in [5, 5.41) is 3.54. The van der Waals surface area contributed by atoms with Gasteiger partial charge in [0, 0.05) is 32.0 Å². The summed E-state index contributed by atoms with van der Waals surface area (Å²) in [6, 6.07) is 2.70. The molecule has 3 rings (SSSR count). The number of hydrogen-bond acceptors (Lipinski definition) is 4. The number of aromatic nitrogens is 2. The highest BCUT2D eigenvalue weighted by molar-refractivity contribution is 5.46. The van der Waals surface area contributed by atoms with E-state index in [1.807, 2.05) is 4.90 Å². The number of carbonyl (C=O) groups is 1. The number of piperidine rings is 1. The zero-order valence-corrected chi connectivity index (χ0v) is 16.1. The molecule has 0 aromatic carbocycles. The van der Waals surface area contributed by atoms with Crippen LogP contribution in [0.4, 0.5) is 5.82 Å². The Morgan fingerprint density at radius 3 is 2.28 bits per heavy atom. The molecule has 2 heterocycles. The van der Waals surface area contributed by atoms with Gasteiger partial charge in [-0.3, -0.25) is 4.79 Å². The van der Waals surface area contributed by atoms with Crippen molar-refractivity contribution in [1.29, 1.82) is 0 Å². The quantitative estimate of drug-likeness (QED) is 0.823. The van der Waals surface area contributed by atoms with E-state index in [1.165, 1.54) is 51.4 Å². The average molecular weight is 349 g/mol. The van der Waals surface area contributed by atoms with Crippen molar-refractivity contribution in [3.05, 3.63) is 18.1 Å². The van der Waals surface area contributed by atoms with E-state index < -0.39 is 0 Å². The Morgan fingerprint density at radius 2 is 1.72 bits per heavy atom. The number of amides is 1. The lowest BCUT2D eigenvalue weighted by Gasteiger charge is -2.24. The number of nitrogens with one attached hydrogen (secondary N) is 1. The molecule has 1 aromatic rings. The van der Waals surface area contributed by atoms with E-state index in [0.717, 1.165) is 31.0 Å². The predicted molar refractivity (Wildman–Crippen MR) is 105 cm³/mol. The lowest BCUT2D eigenvalue weighted by Crippen LogP contribution is -2.27. The summed E-state index contributed by atoms with van der Waals surface area (Å²) in [4.78, 5) is 20.6. The molecule has 1 aliphatic carbocycles. The Balaban J connectivity index is 0.000000318. The minimum Gasteiger partial charge on any atom is -0.367 e. The maximum absolute atomic E-state index is 10.1. The molecule has 1 amide bonds. The van der Waals surface area contributed by atoms with E-state index in [4.69, 9.17) is 0 Å². The number of likely N-dealkylation sites (tertiary alicyclic amines) is 1.